The first kappa shape index (κ1) is 20.0. The lowest BCUT2D eigenvalue weighted by molar-refractivity contribution is -0.137. The Morgan fingerprint density at radius 3 is 2.33 bits per heavy atom. The van der Waals surface area contributed by atoms with Gasteiger partial charge < -0.3 is 10.0 Å². The third kappa shape index (κ3) is 3.79. The van der Waals surface area contributed by atoms with E-state index in [1.165, 1.54) is 12.1 Å². The molecule has 0 spiro atoms. The minimum Gasteiger partial charge on any atom is -0.365 e. The molecule has 27 heavy (non-hydrogen) atoms. The molecule has 8 heteroatoms. The van der Waals surface area contributed by atoms with Crippen LogP contribution in [0.5, 0.6) is 0 Å². The van der Waals surface area contributed by atoms with Gasteiger partial charge in [-0.3, -0.25) is 4.99 Å². The number of benzene rings is 2. The smallest absolute Gasteiger partial charge is 0.365 e. The van der Waals surface area contributed by atoms with Crippen molar-refractivity contribution in [1.29, 1.82) is 0 Å². The Labute approximate surface area is 165 Å². The molecule has 0 unspecified atom stereocenters. The van der Waals surface area contributed by atoms with Gasteiger partial charge in [-0.1, -0.05) is 42.3 Å². The number of aliphatic imine (C=N–C) groups is 1. The lowest BCUT2D eigenvalue weighted by atomic mass is 9.99. The minimum absolute atomic E-state index is 0.00788. The summed E-state index contributed by atoms with van der Waals surface area (Å²) < 4.78 is 38.5. The van der Waals surface area contributed by atoms with Gasteiger partial charge in [0, 0.05) is 17.7 Å². The zero-order valence-electron chi connectivity index (χ0n) is 14.4. The standard InChI is InChI=1S/C19H17Cl2F3N2O/c1-2-9-26-17(12-3-8-15(20)16(21)10-12)25-11-18(26,27)13-4-6-14(7-5-13)19(22,23)24/h3-8,10,27H,2,9,11H2,1H3/t18-/m0/s1. The molecule has 0 aliphatic carbocycles. The van der Waals surface area contributed by atoms with E-state index in [-0.39, 0.29) is 6.54 Å². The summed E-state index contributed by atoms with van der Waals surface area (Å²) in [5, 5.41) is 12.0. The summed E-state index contributed by atoms with van der Waals surface area (Å²) in [6, 6.07) is 9.56. The van der Waals surface area contributed by atoms with Crippen LogP contribution in [0.1, 0.15) is 30.0 Å². The van der Waals surface area contributed by atoms with Crippen LogP contribution in [-0.4, -0.2) is 28.9 Å². The van der Waals surface area contributed by atoms with Gasteiger partial charge in [0.1, 0.15) is 5.84 Å². The van der Waals surface area contributed by atoms with E-state index in [0.29, 0.717) is 40.0 Å². The predicted octanol–water partition coefficient (Wildman–Crippen LogP) is 5.33. The molecule has 0 amide bonds. The van der Waals surface area contributed by atoms with Gasteiger partial charge in [0.25, 0.3) is 0 Å². The van der Waals surface area contributed by atoms with Gasteiger partial charge >= 0.3 is 6.18 Å². The highest BCUT2D eigenvalue weighted by Crippen LogP contribution is 2.36. The highest BCUT2D eigenvalue weighted by atomic mass is 35.5. The maximum atomic E-state index is 12.8. The Kier molecular flexibility index (Phi) is 5.43. The van der Waals surface area contributed by atoms with Crippen LogP contribution in [0, 0.1) is 0 Å². The van der Waals surface area contributed by atoms with Gasteiger partial charge in [-0.25, -0.2) is 0 Å². The number of halogens is 5. The van der Waals surface area contributed by atoms with E-state index in [2.05, 4.69) is 4.99 Å². The number of alkyl halides is 3. The fraction of sp³-hybridized carbons (Fsp3) is 0.316. The van der Waals surface area contributed by atoms with Crippen molar-refractivity contribution in [2.75, 3.05) is 13.1 Å². The van der Waals surface area contributed by atoms with Crippen LogP contribution < -0.4 is 0 Å². The molecule has 1 atom stereocenters. The van der Waals surface area contributed by atoms with Crippen molar-refractivity contribution in [1.82, 2.24) is 4.90 Å². The average molecular weight is 417 g/mol. The van der Waals surface area contributed by atoms with E-state index in [1.54, 1.807) is 23.1 Å². The summed E-state index contributed by atoms with van der Waals surface area (Å²) in [6.07, 6.45) is -3.72. The molecule has 1 heterocycles. The summed E-state index contributed by atoms with van der Waals surface area (Å²) in [6.45, 7) is 2.42. The average Bonchev–Trinajstić information content (AvgIpc) is 2.95. The maximum absolute atomic E-state index is 12.8. The van der Waals surface area contributed by atoms with Crippen molar-refractivity contribution in [3.05, 3.63) is 69.2 Å². The molecule has 2 aromatic carbocycles. The zero-order valence-corrected chi connectivity index (χ0v) is 15.9. The number of rotatable bonds is 4. The molecule has 2 aromatic rings. The molecule has 0 aromatic heterocycles. The molecule has 3 nitrogen and oxygen atoms in total. The number of aliphatic hydroxyl groups is 1. The molecule has 0 fully saturated rings. The summed E-state index contributed by atoms with van der Waals surface area (Å²) in [7, 11) is 0. The molecule has 144 valence electrons. The van der Waals surface area contributed by atoms with Crippen LogP contribution in [-0.2, 0) is 11.9 Å². The Balaban J connectivity index is 1.97. The largest absolute Gasteiger partial charge is 0.416 e. The van der Waals surface area contributed by atoms with Crippen molar-refractivity contribution in [3.8, 4) is 0 Å². The molecule has 1 aliphatic heterocycles. The van der Waals surface area contributed by atoms with Crippen molar-refractivity contribution in [2.45, 2.75) is 25.2 Å². The lowest BCUT2D eigenvalue weighted by Gasteiger charge is -2.36. The Bertz CT molecular complexity index is 868. The van der Waals surface area contributed by atoms with E-state index in [1.807, 2.05) is 6.92 Å². The van der Waals surface area contributed by atoms with Crippen LogP contribution in [0.25, 0.3) is 0 Å². The number of amidine groups is 1. The van der Waals surface area contributed by atoms with Gasteiger partial charge in [0.15, 0.2) is 5.72 Å². The normalized spacial score (nSPS) is 20.1. The first-order chi connectivity index (χ1) is 12.7. The topological polar surface area (TPSA) is 35.8 Å². The summed E-state index contributed by atoms with van der Waals surface area (Å²) in [5.41, 5.74) is -1.26. The highest BCUT2D eigenvalue weighted by Gasteiger charge is 2.43. The quantitative estimate of drug-likeness (QED) is 0.730. The first-order valence-electron chi connectivity index (χ1n) is 8.34. The molecule has 1 aliphatic rings. The minimum atomic E-state index is -4.43. The fourth-order valence-electron chi connectivity index (χ4n) is 3.10. The van der Waals surface area contributed by atoms with Crippen molar-refractivity contribution in [2.24, 2.45) is 4.99 Å². The molecular weight excluding hydrogens is 400 g/mol. The highest BCUT2D eigenvalue weighted by molar-refractivity contribution is 6.42. The lowest BCUT2D eigenvalue weighted by Crippen LogP contribution is -2.47. The SMILES string of the molecule is CCCN1C(c2ccc(Cl)c(Cl)c2)=NC[C@]1(O)c1ccc(C(F)(F)F)cc1. The molecular formula is C19H17Cl2F3N2O. The van der Waals surface area contributed by atoms with E-state index >= 15 is 0 Å². The third-order valence-electron chi connectivity index (χ3n) is 4.45. The molecule has 0 radical (unpaired) electrons. The van der Waals surface area contributed by atoms with E-state index in [9.17, 15) is 18.3 Å². The Morgan fingerprint density at radius 1 is 1.11 bits per heavy atom. The third-order valence-corrected chi connectivity index (χ3v) is 5.19. The summed E-state index contributed by atoms with van der Waals surface area (Å²) in [5.74, 6) is 0.526. The molecule has 1 N–H and O–H groups in total. The van der Waals surface area contributed by atoms with Crippen LogP contribution in [0.3, 0.4) is 0 Å². The van der Waals surface area contributed by atoms with Crippen LogP contribution in [0.4, 0.5) is 13.2 Å². The van der Waals surface area contributed by atoms with Gasteiger partial charge in [-0.15, -0.1) is 0 Å². The summed E-state index contributed by atoms with van der Waals surface area (Å²) in [4.78, 5) is 6.14. The molecule has 0 saturated heterocycles. The van der Waals surface area contributed by atoms with Gasteiger partial charge in [0.2, 0.25) is 0 Å². The fourth-order valence-corrected chi connectivity index (χ4v) is 3.40. The van der Waals surface area contributed by atoms with Crippen molar-refractivity contribution in [3.63, 3.8) is 0 Å². The Hall–Kier alpha value is -1.76. The van der Waals surface area contributed by atoms with E-state index < -0.39 is 17.5 Å². The van der Waals surface area contributed by atoms with Gasteiger partial charge in [-0.05, 0) is 36.8 Å². The van der Waals surface area contributed by atoms with Crippen LogP contribution >= 0.6 is 23.2 Å². The number of hydrogen-bond donors (Lipinski definition) is 1. The maximum Gasteiger partial charge on any atom is 0.416 e. The van der Waals surface area contributed by atoms with Crippen molar-refractivity contribution >= 4 is 29.0 Å². The van der Waals surface area contributed by atoms with E-state index in [0.717, 1.165) is 12.1 Å². The predicted molar refractivity (Wildman–Crippen MR) is 100 cm³/mol. The summed E-state index contributed by atoms with van der Waals surface area (Å²) >= 11 is 12.1. The first-order valence-corrected chi connectivity index (χ1v) is 9.10. The number of nitrogens with zero attached hydrogens (tertiary/aromatic N) is 2. The second-order valence-electron chi connectivity index (χ2n) is 6.31. The van der Waals surface area contributed by atoms with Crippen molar-refractivity contribution < 1.29 is 18.3 Å². The Morgan fingerprint density at radius 2 is 1.78 bits per heavy atom. The van der Waals surface area contributed by atoms with Gasteiger partial charge in [-0.2, -0.15) is 13.2 Å². The molecule has 0 bridgehead atoms. The van der Waals surface area contributed by atoms with Crippen LogP contribution in [0.2, 0.25) is 10.0 Å². The molecule has 0 saturated carbocycles. The molecule has 3 rings (SSSR count). The second kappa shape index (κ2) is 7.34. The second-order valence-corrected chi connectivity index (χ2v) is 7.13. The monoisotopic (exact) mass is 416 g/mol. The number of hydrogen-bond acceptors (Lipinski definition) is 3. The van der Waals surface area contributed by atoms with Crippen LogP contribution in [0.15, 0.2) is 47.5 Å². The van der Waals surface area contributed by atoms with Gasteiger partial charge in [0.05, 0.1) is 22.2 Å². The zero-order chi connectivity index (χ0) is 19.8. The van der Waals surface area contributed by atoms with E-state index in [4.69, 9.17) is 23.2 Å².